The number of carbonyl (C=O) groups excluding carboxylic acids is 1. The van der Waals surface area contributed by atoms with Gasteiger partial charge in [-0.1, -0.05) is 37.7 Å². The first-order chi connectivity index (χ1) is 10.9. The fourth-order valence-corrected chi connectivity index (χ4v) is 2.08. The first kappa shape index (κ1) is 19.2. The molecule has 1 heterocycles. The third kappa shape index (κ3) is 5.67. The number of hydrogen-bond donors (Lipinski definition) is 0. The summed E-state index contributed by atoms with van der Waals surface area (Å²) in [4.78, 5) is 20.2. The summed E-state index contributed by atoms with van der Waals surface area (Å²) in [5.74, 6) is -0.410. The molecule has 124 valence electrons. The third-order valence-electron chi connectivity index (χ3n) is 2.73. The van der Waals surface area contributed by atoms with Crippen LogP contribution in [-0.2, 0) is 12.6 Å². The Kier molecular flexibility index (Phi) is 7.22. The van der Waals surface area contributed by atoms with Gasteiger partial charge in [-0.2, -0.15) is 13.2 Å². The zero-order chi connectivity index (χ0) is 17.5. The third-order valence-corrected chi connectivity index (χ3v) is 3.29. The highest BCUT2D eigenvalue weighted by atomic mass is 32.2. The summed E-state index contributed by atoms with van der Waals surface area (Å²) in [6.07, 6.45) is -1.20. The van der Waals surface area contributed by atoms with Crippen LogP contribution in [0.3, 0.4) is 0 Å². The number of hydrogen-bond acceptors (Lipinski definition) is 4. The molecule has 0 atom stereocenters. The molecule has 0 amide bonds. The molecule has 0 aliphatic carbocycles. The molecule has 23 heavy (non-hydrogen) atoms. The van der Waals surface area contributed by atoms with Crippen molar-refractivity contribution in [1.29, 1.82) is 0 Å². The fourth-order valence-electron chi connectivity index (χ4n) is 1.71. The molecule has 0 aliphatic heterocycles. The van der Waals surface area contributed by atoms with Crippen LogP contribution in [-0.4, -0.2) is 22.0 Å². The van der Waals surface area contributed by atoms with Gasteiger partial charge in [-0.05, 0) is 24.5 Å². The Morgan fingerprint density at radius 1 is 1.22 bits per heavy atom. The largest absolute Gasteiger partial charge is 0.416 e. The van der Waals surface area contributed by atoms with Crippen molar-refractivity contribution in [2.75, 3.05) is 6.26 Å². The van der Waals surface area contributed by atoms with Crippen molar-refractivity contribution >= 4 is 17.5 Å². The summed E-state index contributed by atoms with van der Waals surface area (Å²) in [6.45, 7) is 4.00. The lowest BCUT2D eigenvalue weighted by Crippen LogP contribution is -2.09. The van der Waals surface area contributed by atoms with E-state index in [0.29, 0.717) is 10.9 Å². The summed E-state index contributed by atoms with van der Waals surface area (Å²) in [7, 11) is 0. The number of halogens is 3. The first-order valence-electron chi connectivity index (χ1n) is 6.96. The second-order valence-corrected chi connectivity index (χ2v) is 4.99. The summed E-state index contributed by atoms with van der Waals surface area (Å²) in [5, 5.41) is 0.518. The van der Waals surface area contributed by atoms with Gasteiger partial charge in [-0.3, -0.25) is 4.79 Å². The summed E-state index contributed by atoms with van der Waals surface area (Å²) >= 11 is 1.33. The van der Waals surface area contributed by atoms with Gasteiger partial charge >= 0.3 is 6.18 Å². The zero-order valence-electron chi connectivity index (χ0n) is 13.0. The van der Waals surface area contributed by atoms with Crippen molar-refractivity contribution in [3.63, 3.8) is 0 Å². The Hall–Kier alpha value is -1.89. The van der Waals surface area contributed by atoms with Crippen molar-refractivity contribution in [2.45, 2.75) is 31.6 Å². The number of ketones is 1. The molecular formula is C16H17F3N2OS. The lowest BCUT2D eigenvalue weighted by molar-refractivity contribution is -0.137. The SMILES string of the molecule is CC.CSc1nccc(CC(=O)c2cccc(C(F)(F)F)c2)n1. The number of benzene rings is 1. The van der Waals surface area contributed by atoms with Crippen LogP contribution >= 0.6 is 11.8 Å². The Balaban J connectivity index is 0.00000127. The molecule has 0 fully saturated rings. The molecule has 7 heteroatoms. The Labute approximate surface area is 137 Å². The molecule has 0 aliphatic rings. The topological polar surface area (TPSA) is 42.9 Å². The molecule has 2 aromatic rings. The van der Waals surface area contributed by atoms with Crippen LogP contribution in [0, 0.1) is 0 Å². The summed E-state index contributed by atoms with van der Waals surface area (Å²) in [6, 6.07) is 5.97. The maximum absolute atomic E-state index is 12.6. The minimum atomic E-state index is -4.46. The summed E-state index contributed by atoms with van der Waals surface area (Å²) in [5.41, 5.74) is -0.327. The second kappa shape index (κ2) is 8.67. The zero-order valence-corrected chi connectivity index (χ0v) is 13.8. The van der Waals surface area contributed by atoms with Crippen molar-refractivity contribution in [3.8, 4) is 0 Å². The number of aromatic nitrogens is 2. The van der Waals surface area contributed by atoms with E-state index in [1.807, 2.05) is 13.8 Å². The minimum Gasteiger partial charge on any atom is -0.294 e. The normalized spacial score (nSPS) is 10.7. The van der Waals surface area contributed by atoms with E-state index >= 15 is 0 Å². The van der Waals surface area contributed by atoms with Gasteiger partial charge in [0.15, 0.2) is 10.9 Å². The monoisotopic (exact) mass is 342 g/mol. The van der Waals surface area contributed by atoms with Gasteiger partial charge in [-0.15, -0.1) is 0 Å². The van der Waals surface area contributed by atoms with Gasteiger partial charge in [0.25, 0.3) is 0 Å². The van der Waals surface area contributed by atoms with E-state index in [1.165, 1.54) is 30.1 Å². The second-order valence-electron chi connectivity index (χ2n) is 4.21. The highest BCUT2D eigenvalue weighted by Crippen LogP contribution is 2.29. The van der Waals surface area contributed by atoms with Crippen molar-refractivity contribution in [2.24, 2.45) is 0 Å². The van der Waals surface area contributed by atoms with Gasteiger partial charge in [0.1, 0.15) is 0 Å². The van der Waals surface area contributed by atoms with Gasteiger partial charge < -0.3 is 0 Å². The maximum Gasteiger partial charge on any atom is 0.416 e. The van der Waals surface area contributed by atoms with Gasteiger partial charge in [0, 0.05) is 11.8 Å². The van der Waals surface area contributed by atoms with Crippen molar-refractivity contribution < 1.29 is 18.0 Å². The van der Waals surface area contributed by atoms with Crippen molar-refractivity contribution in [3.05, 3.63) is 53.3 Å². The smallest absolute Gasteiger partial charge is 0.294 e. The maximum atomic E-state index is 12.6. The van der Waals surface area contributed by atoms with Crippen LogP contribution in [0.25, 0.3) is 0 Å². The number of carbonyl (C=O) groups is 1. The van der Waals surface area contributed by atoms with E-state index in [9.17, 15) is 18.0 Å². The minimum absolute atomic E-state index is 0.0224. The highest BCUT2D eigenvalue weighted by Gasteiger charge is 2.30. The van der Waals surface area contributed by atoms with Crippen LogP contribution < -0.4 is 0 Å². The van der Waals surface area contributed by atoms with Gasteiger partial charge in [0.2, 0.25) is 0 Å². The Bertz CT molecular complexity index is 660. The molecule has 0 saturated carbocycles. The molecule has 0 radical (unpaired) electrons. The van der Waals surface area contributed by atoms with E-state index in [1.54, 1.807) is 12.3 Å². The molecule has 0 unspecified atom stereocenters. The van der Waals surface area contributed by atoms with Crippen molar-refractivity contribution in [1.82, 2.24) is 9.97 Å². The predicted octanol–water partition coefficient (Wildman–Crippen LogP) is 4.67. The number of alkyl halides is 3. The molecule has 0 saturated heterocycles. The number of thioether (sulfide) groups is 1. The molecule has 0 spiro atoms. The predicted molar refractivity (Wildman–Crippen MR) is 84.6 cm³/mol. The molecule has 1 aromatic heterocycles. The Morgan fingerprint density at radius 2 is 1.91 bits per heavy atom. The van der Waals surface area contributed by atoms with E-state index in [2.05, 4.69) is 9.97 Å². The standard InChI is InChI=1S/C14H11F3N2OS.C2H6/c1-21-13-18-6-5-11(19-13)8-12(20)9-3-2-4-10(7-9)14(15,16)17;1-2/h2-7H,8H2,1H3;1-2H3. The molecule has 1 aromatic carbocycles. The van der Waals surface area contributed by atoms with Gasteiger partial charge in [-0.25, -0.2) is 9.97 Å². The van der Waals surface area contributed by atoms with E-state index in [0.717, 1.165) is 12.1 Å². The molecule has 2 rings (SSSR count). The van der Waals surface area contributed by atoms with E-state index < -0.39 is 17.5 Å². The van der Waals surface area contributed by atoms with Crippen LogP contribution in [0.2, 0.25) is 0 Å². The summed E-state index contributed by atoms with van der Waals surface area (Å²) < 4.78 is 37.9. The Morgan fingerprint density at radius 3 is 2.52 bits per heavy atom. The highest BCUT2D eigenvalue weighted by molar-refractivity contribution is 7.98. The number of nitrogens with zero attached hydrogens (tertiary/aromatic N) is 2. The molecule has 0 N–H and O–H groups in total. The first-order valence-corrected chi connectivity index (χ1v) is 8.19. The number of Topliss-reactive ketones (excluding diaryl/α,β-unsaturated/α-hetero) is 1. The quantitative estimate of drug-likeness (QED) is 0.460. The lowest BCUT2D eigenvalue weighted by atomic mass is 10.0. The molecule has 3 nitrogen and oxygen atoms in total. The van der Waals surface area contributed by atoms with E-state index in [-0.39, 0.29) is 12.0 Å². The fraction of sp³-hybridized carbons (Fsp3) is 0.312. The van der Waals surface area contributed by atoms with Gasteiger partial charge in [0.05, 0.1) is 17.7 Å². The van der Waals surface area contributed by atoms with Crippen LogP contribution in [0.1, 0.15) is 35.5 Å². The van der Waals surface area contributed by atoms with Crippen LogP contribution in [0.15, 0.2) is 41.7 Å². The number of rotatable bonds is 4. The van der Waals surface area contributed by atoms with Crippen LogP contribution in [0.5, 0.6) is 0 Å². The average Bonchev–Trinajstić information content (AvgIpc) is 2.56. The molecular weight excluding hydrogens is 325 g/mol. The molecule has 0 bridgehead atoms. The average molecular weight is 342 g/mol. The lowest BCUT2D eigenvalue weighted by Gasteiger charge is -2.08. The van der Waals surface area contributed by atoms with E-state index in [4.69, 9.17) is 0 Å². The van der Waals surface area contributed by atoms with Crippen LogP contribution in [0.4, 0.5) is 13.2 Å².